The van der Waals surface area contributed by atoms with Gasteiger partial charge in [-0.05, 0) is 0 Å². The van der Waals surface area contributed by atoms with Crippen LogP contribution in [0.2, 0.25) is 0 Å². The minimum atomic E-state index is 0.183. The van der Waals surface area contributed by atoms with E-state index in [2.05, 4.69) is 5.16 Å². The van der Waals surface area contributed by atoms with Gasteiger partial charge in [-0.25, -0.2) is 0 Å². The molecule has 66 valence electrons. The summed E-state index contributed by atoms with van der Waals surface area (Å²) in [4.78, 5) is 0. The fraction of sp³-hybridized carbons (Fsp3) is 0.833. The lowest BCUT2D eigenvalue weighted by molar-refractivity contribution is 0.0740. The van der Waals surface area contributed by atoms with E-state index in [1.165, 1.54) is 0 Å². The Labute approximate surface area is 65.8 Å². The van der Waals surface area contributed by atoms with Crippen molar-refractivity contribution in [2.75, 3.05) is 26.9 Å². The highest BCUT2D eigenvalue weighted by molar-refractivity contribution is 5.79. The topological polar surface area (TPSA) is 77.1 Å². The molecule has 0 amide bonds. The Balaban J connectivity index is 3.02. The standard InChI is InChI=1S/C6H14N2O3/c1-10-4-5-11-3-2-6(7)8-9/h9H,2-5H2,1H3,(H2,7,8). The number of nitrogens with two attached hydrogens (primary N) is 1. The molecule has 3 N–H and O–H groups in total. The second-order valence-corrected chi connectivity index (χ2v) is 1.95. The lowest BCUT2D eigenvalue weighted by Gasteiger charge is -2.01. The highest BCUT2D eigenvalue weighted by atomic mass is 16.5. The predicted octanol–water partition coefficient (Wildman–Crippen LogP) is -0.214. The quantitative estimate of drug-likeness (QED) is 0.186. The van der Waals surface area contributed by atoms with E-state index in [0.29, 0.717) is 26.2 Å². The molecule has 0 aliphatic rings. The van der Waals surface area contributed by atoms with E-state index in [4.69, 9.17) is 20.4 Å². The van der Waals surface area contributed by atoms with E-state index in [0.717, 1.165) is 0 Å². The van der Waals surface area contributed by atoms with Gasteiger partial charge in [-0.3, -0.25) is 0 Å². The summed E-state index contributed by atoms with van der Waals surface area (Å²) in [5.74, 6) is 0.183. The molecule has 0 radical (unpaired) electrons. The number of hydrogen-bond acceptors (Lipinski definition) is 4. The van der Waals surface area contributed by atoms with Gasteiger partial charge >= 0.3 is 0 Å². The molecule has 0 saturated heterocycles. The first-order valence-electron chi connectivity index (χ1n) is 3.34. The molecule has 0 saturated carbocycles. The van der Waals surface area contributed by atoms with Crippen molar-refractivity contribution in [2.45, 2.75) is 6.42 Å². The summed E-state index contributed by atoms with van der Waals surface area (Å²) in [5.41, 5.74) is 5.18. The Morgan fingerprint density at radius 3 is 2.73 bits per heavy atom. The fourth-order valence-electron chi connectivity index (χ4n) is 0.471. The summed E-state index contributed by atoms with van der Waals surface area (Å²) < 4.78 is 9.79. The molecule has 0 unspecified atom stereocenters. The first kappa shape index (κ1) is 10.2. The second kappa shape index (κ2) is 7.30. The van der Waals surface area contributed by atoms with E-state index in [1.54, 1.807) is 7.11 Å². The average Bonchev–Trinajstić information content (AvgIpc) is 2.04. The van der Waals surface area contributed by atoms with Crippen LogP contribution in [-0.2, 0) is 9.47 Å². The van der Waals surface area contributed by atoms with Crippen LogP contribution in [0.3, 0.4) is 0 Å². The zero-order valence-corrected chi connectivity index (χ0v) is 6.62. The number of rotatable bonds is 6. The Morgan fingerprint density at radius 1 is 1.45 bits per heavy atom. The van der Waals surface area contributed by atoms with Crippen molar-refractivity contribution in [3.8, 4) is 0 Å². The number of methoxy groups -OCH3 is 1. The Hall–Kier alpha value is -0.810. The Kier molecular flexibility index (Phi) is 6.76. The minimum Gasteiger partial charge on any atom is -0.409 e. The number of nitrogens with zero attached hydrogens (tertiary/aromatic N) is 1. The van der Waals surface area contributed by atoms with Crippen molar-refractivity contribution < 1.29 is 14.7 Å². The number of oxime groups is 1. The van der Waals surface area contributed by atoms with Gasteiger partial charge in [0.15, 0.2) is 0 Å². The van der Waals surface area contributed by atoms with Crippen LogP contribution < -0.4 is 5.73 Å². The molecule has 0 rings (SSSR count). The molecule has 0 atom stereocenters. The molecule has 0 aliphatic heterocycles. The van der Waals surface area contributed by atoms with Crippen molar-refractivity contribution in [3.05, 3.63) is 0 Å². The van der Waals surface area contributed by atoms with Crippen molar-refractivity contribution in [3.63, 3.8) is 0 Å². The fourth-order valence-corrected chi connectivity index (χ4v) is 0.471. The molecule has 0 aromatic carbocycles. The summed E-state index contributed by atoms with van der Waals surface area (Å²) >= 11 is 0. The maximum absolute atomic E-state index is 8.12. The van der Waals surface area contributed by atoms with E-state index >= 15 is 0 Å². The van der Waals surface area contributed by atoms with Crippen molar-refractivity contribution >= 4 is 5.84 Å². The third-order valence-electron chi connectivity index (χ3n) is 1.06. The van der Waals surface area contributed by atoms with Crippen LogP contribution in [0.1, 0.15) is 6.42 Å². The van der Waals surface area contributed by atoms with Crippen LogP contribution in [-0.4, -0.2) is 38.0 Å². The van der Waals surface area contributed by atoms with E-state index in [-0.39, 0.29) is 5.84 Å². The summed E-state index contributed by atoms with van der Waals surface area (Å²) in [5, 5.41) is 10.9. The zero-order valence-electron chi connectivity index (χ0n) is 6.62. The van der Waals surface area contributed by atoms with Gasteiger partial charge in [0.2, 0.25) is 0 Å². The summed E-state index contributed by atoms with van der Waals surface area (Å²) in [6.45, 7) is 1.56. The van der Waals surface area contributed by atoms with Crippen LogP contribution in [0, 0.1) is 0 Å². The first-order chi connectivity index (χ1) is 5.31. The van der Waals surface area contributed by atoms with Gasteiger partial charge in [-0.2, -0.15) is 0 Å². The molecule has 0 bridgehead atoms. The van der Waals surface area contributed by atoms with Crippen LogP contribution in [0.15, 0.2) is 5.16 Å². The second-order valence-electron chi connectivity index (χ2n) is 1.95. The van der Waals surface area contributed by atoms with E-state index < -0.39 is 0 Å². The van der Waals surface area contributed by atoms with Gasteiger partial charge in [0, 0.05) is 13.5 Å². The van der Waals surface area contributed by atoms with Gasteiger partial charge in [-0.1, -0.05) is 5.16 Å². The summed E-state index contributed by atoms with van der Waals surface area (Å²) in [6, 6.07) is 0. The monoisotopic (exact) mass is 162 g/mol. The molecule has 0 aromatic heterocycles. The molecule has 0 spiro atoms. The predicted molar refractivity (Wildman–Crippen MR) is 40.7 cm³/mol. The van der Waals surface area contributed by atoms with E-state index in [1.807, 2.05) is 0 Å². The highest BCUT2D eigenvalue weighted by Gasteiger charge is 1.92. The van der Waals surface area contributed by atoms with Crippen LogP contribution >= 0.6 is 0 Å². The third-order valence-corrected chi connectivity index (χ3v) is 1.06. The molecule has 0 heterocycles. The van der Waals surface area contributed by atoms with Crippen molar-refractivity contribution in [1.82, 2.24) is 0 Å². The van der Waals surface area contributed by atoms with Crippen LogP contribution in [0.5, 0.6) is 0 Å². The minimum absolute atomic E-state index is 0.183. The molecular formula is C6H14N2O3. The molecule has 5 nitrogen and oxygen atoms in total. The molecule has 5 heteroatoms. The maximum atomic E-state index is 8.12. The molecule has 0 fully saturated rings. The van der Waals surface area contributed by atoms with Gasteiger partial charge in [-0.15, -0.1) is 0 Å². The van der Waals surface area contributed by atoms with Crippen LogP contribution in [0.4, 0.5) is 0 Å². The van der Waals surface area contributed by atoms with E-state index in [9.17, 15) is 0 Å². The number of ether oxygens (including phenoxy) is 2. The largest absolute Gasteiger partial charge is 0.409 e. The molecule has 0 aromatic rings. The third kappa shape index (κ3) is 7.08. The summed E-state index contributed by atoms with van der Waals surface area (Å²) in [6.07, 6.45) is 0.445. The lowest BCUT2D eigenvalue weighted by Crippen LogP contribution is -2.15. The molecular weight excluding hydrogens is 148 g/mol. The maximum Gasteiger partial charge on any atom is 0.141 e. The Bertz CT molecular complexity index is 116. The molecule has 0 aliphatic carbocycles. The zero-order chi connectivity index (χ0) is 8.53. The Morgan fingerprint density at radius 2 is 2.18 bits per heavy atom. The normalized spacial score (nSPS) is 11.9. The van der Waals surface area contributed by atoms with Gasteiger partial charge in [0.25, 0.3) is 0 Å². The summed E-state index contributed by atoms with van der Waals surface area (Å²) in [7, 11) is 1.60. The highest BCUT2D eigenvalue weighted by Crippen LogP contribution is 1.82. The number of hydrogen-bond donors (Lipinski definition) is 2. The SMILES string of the molecule is COCCOCC/C(N)=N/O. The molecule has 11 heavy (non-hydrogen) atoms. The van der Waals surface area contributed by atoms with Gasteiger partial charge in [0.1, 0.15) is 5.84 Å². The first-order valence-corrected chi connectivity index (χ1v) is 3.34. The van der Waals surface area contributed by atoms with Gasteiger partial charge in [0.05, 0.1) is 19.8 Å². The van der Waals surface area contributed by atoms with Crippen LogP contribution in [0.25, 0.3) is 0 Å². The smallest absolute Gasteiger partial charge is 0.141 e. The average molecular weight is 162 g/mol. The lowest BCUT2D eigenvalue weighted by atomic mass is 10.4. The van der Waals surface area contributed by atoms with Gasteiger partial charge < -0.3 is 20.4 Å². The van der Waals surface area contributed by atoms with Crippen molar-refractivity contribution in [2.24, 2.45) is 10.9 Å². The number of amidine groups is 1. The van der Waals surface area contributed by atoms with Crippen molar-refractivity contribution in [1.29, 1.82) is 0 Å².